The topological polar surface area (TPSA) is 100 Å². The van der Waals surface area contributed by atoms with Crippen LogP contribution in [0.1, 0.15) is 56.2 Å². The molecule has 4 aromatic rings. The number of aromatic amines is 1. The van der Waals surface area contributed by atoms with Crippen LogP contribution in [0.4, 0.5) is 0 Å². The van der Waals surface area contributed by atoms with Gasteiger partial charge in [-0.05, 0) is 67.2 Å². The average Bonchev–Trinajstić information content (AvgIpc) is 3.59. The number of carbonyl (C=O) groups is 2. The number of fused-ring (bicyclic) bond motifs is 3. The zero-order chi connectivity index (χ0) is 33.6. The highest BCUT2D eigenvalue weighted by Crippen LogP contribution is 2.36. The van der Waals surface area contributed by atoms with Crippen LogP contribution in [0, 0.1) is 5.92 Å². The molecule has 0 spiro atoms. The molecule has 2 aromatic carbocycles. The molecule has 0 radical (unpaired) electrons. The van der Waals surface area contributed by atoms with Gasteiger partial charge in [0.15, 0.2) is 23.9 Å². The number of thiophene rings is 1. The first-order valence-corrected chi connectivity index (χ1v) is 17.5. The van der Waals surface area contributed by atoms with Gasteiger partial charge in [0.05, 0.1) is 14.2 Å². The van der Waals surface area contributed by atoms with Crippen molar-refractivity contribution in [3.63, 3.8) is 0 Å². The van der Waals surface area contributed by atoms with E-state index >= 15 is 0 Å². The van der Waals surface area contributed by atoms with E-state index in [9.17, 15) is 9.59 Å². The molecule has 3 aliphatic rings. The van der Waals surface area contributed by atoms with Crippen LogP contribution >= 0.6 is 34.5 Å². The van der Waals surface area contributed by atoms with E-state index in [-0.39, 0.29) is 18.5 Å². The summed E-state index contributed by atoms with van der Waals surface area (Å²) in [6, 6.07) is 17.9. The monoisotopic (exact) mass is 710 g/mol. The minimum absolute atomic E-state index is 0.0893. The maximum Gasteiger partial charge on any atom is 0.348 e. The number of esters is 2. The Labute approximate surface area is 294 Å². The summed E-state index contributed by atoms with van der Waals surface area (Å²) in [5, 5.41) is 4.23. The average molecular weight is 712 g/mol. The molecular formula is C36H38Cl2N3O6S+. The number of H-pyrrole nitrogens is 1. The van der Waals surface area contributed by atoms with E-state index in [1.54, 1.807) is 44.8 Å². The number of ether oxygens (including phenoxy) is 4. The number of carbonyl (C=O) groups excluding carboxylic acids is 2. The van der Waals surface area contributed by atoms with Crippen molar-refractivity contribution in [2.75, 3.05) is 33.9 Å². The molecule has 0 amide bonds. The van der Waals surface area contributed by atoms with Gasteiger partial charge in [-0.1, -0.05) is 59.6 Å². The summed E-state index contributed by atoms with van der Waals surface area (Å²) in [5.41, 5.74) is 2.15. The third-order valence-corrected chi connectivity index (χ3v) is 10.7. The van der Waals surface area contributed by atoms with Crippen molar-refractivity contribution in [2.24, 2.45) is 5.92 Å². The fraction of sp³-hybridized carbons (Fsp3) is 0.361. The molecule has 252 valence electrons. The molecule has 2 aromatic heterocycles. The fourth-order valence-corrected chi connectivity index (χ4v) is 7.73. The first kappa shape index (κ1) is 34.2. The Morgan fingerprint density at radius 1 is 0.958 bits per heavy atom. The van der Waals surface area contributed by atoms with Gasteiger partial charge >= 0.3 is 11.9 Å². The zero-order valence-corrected chi connectivity index (χ0v) is 29.1. The summed E-state index contributed by atoms with van der Waals surface area (Å²) in [4.78, 5) is 33.7. The van der Waals surface area contributed by atoms with Crippen LogP contribution in [0.5, 0.6) is 11.5 Å². The third kappa shape index (κ3) is 7.96. The maximum absolute atomic E-state index is 13.6. The molecule has 12 heteroatoms. The molecule has 48 heavy (non-hydrogen) atoms. The van der Waals surface area contributed by atoms with Crippen molar-refractivity contribution >= 4 is 46.5 Å². The van der Waals surface area contributed by atoms with Crippen molar-refractivity contribution in [1.29, 1.82) is 0 Å². The number of hydrogen-bond donors (Lipinski definition) is 1. The molecule has 3 aliphatic heterocycles. The lowest BCUT2D eigenvalue weighted by molar-refractivity contribution is -0.377. The second-order valence-electron chi connectivity index (χ2n) is 11.9. The Morgan fingerprint density at radius 3 is 2.35 bits per heavy atom. The molecule has 7 rings (SSSR count). The van der Waals surface area contributed by atoms with Gasteiger partial charge in [-0.2, -0.15) is 0 Å². The van der Waals surface area contributed by atoms with Gasteiger partial charge in [-0.15, -0.1) is 11.3 Å². The smallest absolute Gasteiger partial charge is 0.348 e. The highest BCUT2D eigenvalue weighted by atomic mass is 35.5. The summed E-state index contributed by atoms with van der Waals surface area (Å²) in [5.74, 6) is 0.677. The molecule has 5 heterocycles. The molecule has 1 unspecified atom stereocenters. The van der Waals surface area contributed by atoms with E-state index in [2.05, 4.69) is 15.2 Å². The predicted octanol–water partition coefficient (Wildman–Crippen LogP) is 6.50. The Bertz CT molecular complexity index is 1710. The number of pyridine rings is 1. The van der Waals surface area contributed by atoms with Crippen molar-refractivity contribution in [2.45, 2.75) is 44.1 Å². The van der Waals surface area contributed by atoms with E-state index in [0.717, 1.165) is 42.9 Å². The highest BCUT2D eigenvalue weighted by Gasteiger charge is 2.38. The lowest BCUT2D eigenvalue weighted by Gasteiger charge is -2.44. The lowest BCUT2D eigenvalue weighted by Crippen LogP contribution is -2.52. The standard InChI is InChI=1S/C36H37Cl2N3O6S/c1-44-29-10-8-24(16-31(29)45-2)30(17-26-27(37)19-39-20-28(26)38)46-35(42)33-11-9-25(48-33)18-40-34(23-6-4-3-5-7-23)36(43)47-32-21-41-14-12-22(32)13-15-41/h3-11,16,19-20,22,30,32,34,40H,12-15,17-18,21H2,1-2H3/p+1/t30-,32-,34?/m0/s1. The van der Waals surface area contributed by atoms with E-state index in [1.165, 1.54) is 11.3 Å². The summed E-state index contributed by atoms with van der Waals surface area (Å²) in [7, 11) is 3.10. The quantitative estimate of drug-likeness (QED) is 0.157. The Balaban J connectivity index is 1.17. The number of hydrogen-bond acceptors (Lipinski definition) is 9. The number of piperidine rings is 3. The molecule has 0 aliphatic carbocycles. The number of nitrogens with one attached hydrogen (secondary N) is 2. The van der Waals surface area contributed by atoms with Crippen LogP contribution in [0.25, 0.3) is 0 Å². The number of halogens is 2. The van der Waals surface area contributed by atoms with Crippen molar-refractivity contribution in [3.8, 4) is 11.5 Å². The highest BCUT2D eigenvalue weighted by molar-refractivity contribution is 7.13. The zero-order valence-electron chi connectivity index (χ0n) is 26.7. The van der Waals surface area contributed by atoms with Gasteiger partial charge in [-0.3, -0.25) is 10.2 Å². The Kier molecular flexibility index (Phi) is 11.2. The first-order valence-electron chi connectivity index (χ1n) is 15.9. The predicted molar refractivity (Wildman–Crippen MR) is 184 cm³/mol. The van der Waals surface area contributed by atoms with Crippen molar-refractivity contribution in [3.05, 3.63) is 110 Å². The lowest BCUT2D eigenvalue weighted by atomic mass is 9.86. The molecule has 3 saturated heterocycles. The van der Waals surface area contributed by atoms with Crippen molar-refractivity contribution < 1.29 is 33.5 Å². The second kappa shape index (κ2) is 15.7. The first-order chi connectivity index (χ1) is 23.3. The van der Waals surface area contributed by atoms with Crippen LogP contribution in [0.15, 0.2) is 73.1 Å². The summed E-state index contributed by atoms with van der Waals surface area (Å²) in [6.07, 6.45) is 4.79. The summed E-state index contributed by atoms with van der Waals surface area (Å²) < 4.78 is 23.1. The minimum Gasteiger partial charge on any atom is -0.493 e. The SMILES string of the molecule is COc1ccc([C@H](Cc2c(Cl)c[nH+]cc2Cl)OC(=O)c2ccc(CNC(C(=O)O[C@H]3CN4CCC3CC4)c3ccccc3)s2)cc1OC. The molecule has 3 atom stereocenters. The molecule has 2 bridgehead atoms. The number of methoxy groups -OCH3 is 2. The largest absolute Gasteiger partial charge is 0.493 e. The number of aromatic nitrogens is 1. The van der Waals surface area contributed by atoms with Crippen molar-refractivity contribution in [1.82, 2.24) is 10.2 Å². The van der Waals surface area contributed by atoms with Gasteiger partial charge in [0.2, 0.25) is 0 Å². The van der Waals surface area contributed by atoms with E-state index in [4.69, 9.17) is 42.1 Å². The maximum atomic E-state index is 13.6. The van der Waals surface area contributed by atoms with Crippen LogP contribution in [0.2, 0.25) is 10.0 Å². The second-order valence-corrected chi connectivity index (χ2v) is 13.9. The molecule has 0 saturated carbocycles. The van der Waals surface area contributed by atoms with E-state index in [1.807, 2.05) is 42.5 Å². The normalized spacial score (nSPS) is 19.7. The van der Waals surface area contributed by atoms with Crippen LogP contribution in [0.3, 0.4) is 0 Å². The fourth-order valence-electron chi connectivity index (χ4n) is 6.35. The van der Waals surface area contributed by atoms with E-state index < -0.39 is 18.1 Å². The summed E-state index contributed by atoms with van der Waals surface area (Å²) >= 11 is 14.3. The molecular weight excluding hydrogens is 673 g/mol. The van der Waals surface area contributed by atoms with Gasteiger partial charge in [0.25, 0.3) is 0 Å². The molecule has 3 fully saturated rings. The molecule has 9 nitrogen and oxygen atoms in total. The number of nitrogens with zero attached hydrogens (tertiary/aromatic N) is 1. The van der Waals surface area contributed by atoms with Crippen LogP contribution in [-0.4, -0.2) is 56.8 Å². The van der Waals surface area contributed by atoms with Gasteiger partial charge in [0, 0.05) is 30.0 Å². The van der Waals surface area contributed by atoms with Gasteiger partial charge < -0.3 is 18.9 Å². The Hall–Kier alpha value is -3.67. The van der Waals surface area contributed by atoms with E-state index in [0.29, 0.717) is 50.0 Å². The van der Waals surface area contributed by atoms with Gasteiger partial charge in [0.1, 0.15) is 33.2 Å². The minimum atomic E-state index is -0.734. The number of rotatable bonds is 13. The van der Waals surface area contributed by atoms with Gasteiger partial charge in [-0.25, -0.2) is 14.6 Å². The molecule has 2 N–H and O–H groups in total. The Morgan fingerprint density at radius 2 is 1.69 bits per heavy atom. The number of benzene rings is 2. The van der Waals surface area contributed by atoms with Crippen LogP contribution < -0.4 is 19.8 Å². The summed E-state index contributed by atoms with van der Waals surface area (Å²) in [6.45, 7) is 3.30. The van der Waals surface area contributed by atoms with Crippen LogP contribution in [-0.2, 0) is 27.2 Å². The third-order valence-electron chi connectivity index (χ3n) is 8.99.